The Hall–Kier alpha value is -3.00. The van der Waals surface area contributed by atoms with Crippen LogP contribution in [-0.4, -0.2) is 7.11 Å². The number of methoxy groups -OCH3 is 1. The summed E-state index contributed by atoms with van der Waals surface area (Å²) in [6.07, 6.45) is 7.70. The highest BCUT2D eigenvalue weighted by Gasteiger charge is 2.09. The highest BCUT2D eigenvalue weighted by atomic mass is 16.5. The summed E-state index contributed by atoms with van der Waals surface area (Å²) in [4.78, 5) is 0. The van der Waals surface area contributed by atoms with E-state index in [1.807, 2.05) is 31.2 Å². The predicted molar refractivity (Wildman–Crippen MR) is 117 cm³/mol. The van der Waals surface area contributed by atoms with Crippen molar-refractivity contribution in [1.82, 2.24) is 5.32 Å². The maximum atomic E-state index is 5.55. The molecule has 2 aromatic rings. The molecule has 27 heavy (non-hydrogen) atoms. The summed E-state index contributed by atoms with van der Waals surface area (Å²) in [5, 5.41) is 3.40. The van der Waals surface area contributed by atoms with Crippen LogP contribution in [0.15, 0.2) is 91.2 Å². The summed E-state index contributed by atoms with van der Waals surface area (Å²) in [5.41, 5.74) is 6.61. The normalized spacial score (nSPS) is 11.8. The summed E-state index contributed by atoms with van der Waals surface area (Å²) in [6.45, 7) is 12.0. The maximum Gasteiger partial charge on any atom is 0.128 e. The van der Waals surface area contributed by atoms with Crippen LogP contribution in [0.25, 0.3) is 5.70 Å². The molecule has 0 spiro atoms. The second-order valence-electron chi connectivity index (χ2n) is 6.53. The lowest BCUT2D eigenvalue weighted by Crippen LogP contribution is -2.11. The molecule has 0 atom stereocenters. The zero-order valence-electron chi connectivity index (χ0n) is 16.6. The number of hydrogen-bond acceptors (Lipinski definition) is 2. The molecule has 0 fully saturated rings. The van der Waals surface area contributed by atoms with E-state index in [0.29, 0.717) is 0 Å². The van der Waals surface area contributed by atoms with Gasteiger partial charge in [0.05, 0.1) is 7.11 Å². The first-order valence-electron chi connectivity index (χ1n) is 9.19. The lowest BCUT2D eigenvalue weighted by Gasteiger charge is -2.16. The molecule has 0 aliphatic rings. The summed E-state index contributed by atoms with van der Waals surface area (Å²) < 4.78 is 5.55. The average Bonchev–Trinajstić information content (AvgIpc) is 2.70. The number of rotatable bonds is 9. The van der Waals surface area contributed by atoms with Gasteiger partial charge in [0.2, 0.25) is 0 Å². The Morgan fingerprint density at radius 1 is 1.04 bits per heavy atom. The molecule has 0 saturated heterocycles. The van der Waals surface area contributed by atoms with Crippen molar-refractivity contribution in [3.63, 3.8) is 0 Å². The number of benzene rings is 2. The second kappa shape index (κ2) is 10.2. The van der Waals surface area contributed by atoms with Gasteiger partial charge in [0.1, 0.15) is 5.75 Å². The van der Waals surface area contributed by atoms with Crippen LogP contribution in [0.4, 0.5) is 0 Å². The van der Waals surface area contributed by atoms with Gasteiger partial charge in [0, 0.05) is 17.0 Å². The van der Waals surface area contributed by atoms with Gasteiger partial charge in [0.25, 0.3) is 0 Å². The largest absolute Gasteiger partial charge is 0.496 e. The number of hydrogen-bond donors (Lipinski definition) is 1. The standard InChI is InChI=1S/C25H29NO/c1-6-7-11-19(2)20(3)26-21(4)24-18-23(16-17-25(24)27-5)15-14-22-12-9-8-10-13-22/h6-13,16-18,26H,1,4,14-15H2,2-3,5H3/b11-7-,20-19+. The van der Waals surface area contributed by atoms with Crippen LogP contribution in [0.3, 0.4) is 0 Å². The molecule has 0 aliphatic heterocycles. The van der Waals surface area contributed by atoms with Gasteiger partial charge >= 0.3 is 0 Å². The number of nitrogens with one attached hydrogen (secondary N) is 1. The molecule has 2 nitrogen and oxygen atoms in total. The van der Waals surface area contributed by atoms with E-state index in [4.69, 9.17) is 4.74 Å². The van der Waals surface area contributed by atoms with Crippen LogP contribution in [0.1, 0.15) is 30.5 Å². The van der Waals surface area contributed by atoms with Crippen molar-refractivity contribution in [3.05, 3.63) is 108 Å². The van der Waals surface area contributed by atoms with Gasteiger partial charge in [-0.1, -0.05) is 67.8 Å². The molecule has 0 aliphatic carbocycles. The van der Waals surface area contributed by atoms with Gasteiger partial charge in [0.15, 0.2) is 0 Å². The summed E-state index contributed by atoms with van der Waals surface area (Å²) >= 11 is 0. The topological polar surface area (TPSA) is 21.3 Å². The van der Waals surface area contributed by atoms with Crippen molar-refractivity contribution in [2.45, 2.75) is 26.7 Å². The molecular formula is C25H29NO. The van der Waals surface area contributed by atoms with Gasteiger partial charge in [-0.3, -0.25) is 0 Å². The van der Waals surface area contributed by atoms with Crippen LogP contribution < -0.4 is 10.1 Å². The van der Waals surface area contributed by atoms with Gasteiger partial charge in [-0.15, -0.1) is 0 Å². The fraction of sp³-hybridized carbons (Fsp3) is 0.200. The molecular weight excluding hydrogens is 330 g/mol. The molecule has 140 valence electrons. The van der Waals surface area contributed by atoms with Gasteiger partial charge in [-0.25, -0.2) is 0 Å². The highest BCUT2D eigenvalue weighted by Crippen LogP contribution is 2.26. The van der Waals surface area contributed by atoms with Gasteiger partial charge < -0.3 is 10.1 Å². The van der Waals surface area contributed by atoms with Crippen molar-refractivity contribution in [3.8, 4) is 5.75 Å². The monoisotopic (exact) mass is 359 g/mol. The van der Waals surface area contributed by atoms with Crippen molar-refractivity contribution in [2.75, 3.05) is 7.11 Å². The zero-order chi connectivity index (χ0) is 19.6. The summed E-state index contributed by atoms with van der Waals surface area (Å²) in [5.74, 6) is 0.822. The quantitative estimate of drug-likeness (QED) is 0.548. The SMILES string of the molecule is C=C/C=C\C(C)=C(/C)NC(=C)c1cc(CCc2ccccc2)ccc1OC. The van der Waals surface area contributed by atoms with E-state index < -0.39 is 0 Å². The van der Waals surface area contributed by atoms with Crippen LogP contribution >= 0.6 is 0 Å². The van der Waals surface area contributed by atoms with Gasteiger partial charge in [-0.05, 0) is 55.5 Å². The van der Waals surface area contributed by atoms with Crippen LogP contribution in [0, 0.1) is 0 Å². The Morgan fingerprint density at radius 2 is 1.74 bits per heavy atom. The maximum absolute atomic E-state index is 5.55. The lowest BCUT2D eigenvalue weighted by molar-refractivity contribution is 0.413. The molecule has 2 aromatic carbocycles. The minimum atomic E-state index is 0.822. The van der Waals surface area contributed by atoms with Crippen molar-refractivity contribution < 1.29 is 4.74 Å². The molecule has 0 aromatic heterocycles. The Kier molecular flexibility index (Phi) is 7.69. The molecule has 0 radical (unpaired) electrons. The fourth-order valence-electron chi connectivity index (χ4n) is 2.81. The third-order valence-electron chi connectivity index (χ3n) is 4.55. The third kappa shape index (κ3) is 6.03. The number of allylic oxidation sites excluding steroid dienone is 5. The van der Waals surface area contributed by atoms with E-state index in [2.05, 4.69) is 61.8 Å². The van der Waals surface area contributed by atoms with Crippen molar-refractivity contribution >= 4 is 5.70 Å². The van der Waals surface area contributed by atoms with Crippen molar-refractivity contribution in [2.24, 2.45) is 0 Å². The second-order valence-corrected chi connectivity index (χ2v) is 6.53. The summed E-state index contributed by atoms with van der Waals surface area (Å²) in [7, 11) is 1.69. The van der Waals surface area contributed by atoms with E-state index in [1.54, 1.807) is 13.2 Å². The first-order chi connectivity index (χ1) is 13.0. The number of aryl methyl sites for hydroxylation is 2. The first-order valence-corrected chi connectivity index (χ1v) is 9.19. The fourth-order valence-corrected chi connectivity index (χ4v) is 2.81. The molecule has 2 rings (SSSR count). The Labute approximate surface area is 163 Å². The Balaban J connectivity index is 2.17. The van der Waals surface area contributed by atoms with E-state index in [1.165, 1.54) is 11.1 Å². The van der Waals surface area contributed by atoms with E-state index in [0.717, 1.165) is 41.1 Å². The van der Waals surface area contributed by atoms with Crippen LogP contribution in [-0.2, 0) is 12.8 Å². The average molecular weight is 360 g/mol. The highest BCUT2D eigenvalue weighted by molar-refractivity contribution is 5.69. The minimum absolute atomic E-state index is 0.822. The Bertz CT molecular complexity index is 844. The van der Waals surface area contributed by atoms with E-state index >= 15 is 0 Å². The Morgan fingerprint density at radius 3 is 2.41 bits per heavy atom. The lowest BCUT2D eigenvalue weighted by atomic mass is 10.0. The summed E-state index contributed by atoms with van der Waals surface area (Å²) in [6, 6.07) is 16.9. The van der Waals surface area contributed by atoms with Crippen LogP contribution in [0.2, 0.25) is 0 Å². The van der Waals surface area contributed by atoms with E-state index in [9.17, 15) is 0 Å². The molecule has 0 amide bonds. The number of ether oxygens (including phenoxy) is 1. The van der Waals surface area contributed by atoms with Crippen molar-refractivity contribution in [1.29, 1.82) is 0 Å². The van der Waals surface area contributed by atoms with E-state index in [-0.39, 0.29) is 0 Å². The zero-order valence-corrected chi connectivity index (χ0v) is 16.6. The van der Waals surface area contributed by atoms with Crippen LogP contribution in [0.5, 0.6) is 5.75 Å². The molecule has 1 N–H and O–H groups in total. The minimum Gasteiger partial charge on any atom is -0.496 e. The molecule has 0 unspecified atom stereocenters. The molecule has 0 heterocycles. The molecule has 0 bridgehead atoms. The predicted octanol–water partition coefficient (Wildman–Crippen LogP) is 6.08. The molecule has 2 heteroatoms. The first kappa shape index (κ1) is 20.3. The third-order valence-corrected chi connectivity index (χ3v) is 4.55. The van der Waals surface area contributed by atoms with Gasteiger partial charge in [-0.2, -0.15) is 0 Å². The smallest absolute Gasteiger partial charge is 0.128 e. The molecule has 0 saturated carbocycles.